The fourth-order valence-corrected chi connectivity index (χ4v) is 1.71. The van der Waals surface area contributed by atoms with Crippen molar-refractivity contribution in [3.05, 3.63) is 0 Å². The van der Waals surface area contributed by atoms with Crippen LogP contribution in [0.2, 0.25) is 0 Å². The third-order valence-corrected chi connectivity index (χ3v) is 2.98. The lowest BCUT2D eigenvalue weighted by atomic mass is 10.2. The van der Waals surface area contributed by atoms with Crippen LogP contribution in [0.1, 0.15) is 20.3 Å². The largest absolute Gasteiger partial charge is 0.480 e. The van der Waals surface area contributed by atoms with E-state index < -0.39 is 18.0 Å². The average Bonchev–Trinajstić information content (AvgIpc) is 2.38. The molecule has 20 heavy (non-hydrogen) atoms. The summed E-state index contributed by atoms with van der Waals surface area (Å²) in [6.07, 6.45) is 2.20. The molecule has 0 bridgehead atoms. The SMILES string of the molecule is CSCCC(NC(=O)NCC(=O)NCC(C)C)C(=O)O. The number of carbonyl (C=O) groups excluding carboxylic acids is 2. The molecule has 0 saturated heterocycles. The van der Waals surface area contributed by atoms with Gasteiger partial charge in [0.15, 0.2) is 0 Å². The number of urea groups is 1. The van der Waals surface area contributed by atoms with E-state index in [-0.39, 0.29) is 12.5 Å². The third-order valence-electron chi connectivity index (χ3n) is 2.33. The van der Waals surface area contributed by atoms with Crippen LogP contribution in [0.25, 0.3) is 0 Å². The highest BCUT2D eigenvalue weighted by atomic mass is 32.2. The van der Waals surface area contributed by atoms with Gasteiger partial charge in [0, 0.05) is 6.54 Å². The average molecular weight is 305 g/mol. The monoisotopic (exact) mass is 305 g/mol. The Kier molecular flexibility index (Phi) is 9.61. The van der Waals surface area contributed by atoms with Crippen LogP contribution in [-0.2, 0) is 9.59 Å². The molecule has 0 aliphatic rings. The molecule has 3 amide bonds. The van der Waals surface area contributed by atoms with Crippen LogP contribution in [-0.4, -0.2) is 54.2 Å². The minimum Gasteiger partial charge on any atom is -0.480 e. The summed E-state index contributed by atoms with van der Waals surface area (Å²) >= 11 is 1.50. The van der Waals surface area contributed by atoms with Crippen molar-refractivity contribution in [2.24, 2.45) is 5.92 Å². The summed E-state index contributed by atoms with van der Waals surface area (Å²) in [5.74, 6) is -0.425. The molecular formula is C12H23N3O4S. The third kappa shape index (κ3) is 9.48. The number of carbonyl (C=O) groups is 3. The lowest BCUT2D eigenvalue weighted by Gasteiger charge is -2.14. The summed E-state index contributed by atoms with van der Waals surface area (Å²) in [5.41, 5.74) is 0. The maximum absolute atomic E-state index is 11.5. The van der Waals surface area contributed by atoms with E-state index in [1.807, 2.05) is 20.1 Å². The van der Waals surface area contributed by atoms with Crippen LogP contribution in [0.4, 0.5) is 4.79 Å². The molecule has 0 saturated carbocycles. The Morgan fingerprint density at radius 3 is 2.35 bits per heavy atom. The van der Waals surface area contributed by atoms with Gasteiger partial charge in [-0.2, -0.15) is 11.8 Å². The smallest absolute Gasteiger partial charge is 0.326 e. The quantitative estimate of drug-likeness (QED) is 0.489. The molecular weight excluding hydrogens is 282 g/mol. The molecule has 0 fully saturated rings. The second kappa shape index (κ2) is 10.4. The zero-order valence-electron chi connectivity index (χ0n) is 12.1. The number of hydrogen-bond donors (Lipinski definition) is 4. The van der Waals surface area contributed by atoms with Crippen LogP contribution in [0.15, 0.2) is 0 Å². The Balaban J connectivity index is 4.01. The Labute approximate surface area is 123 Å². The van der Waals surface area contributed by atoms with Crippen molar-refractivity contribution in [3.63, 3.8) is 0 Å². The molecule has 0 heterocycles. The lowest BCUT2D eigenvalue weighted by Crippen LogP contribution is -2.48. The van der Waals surface area contributed by atoms with Gasteiger partial charge in [0.05, 0.1) is 6.54 Å². The van der Waals surface area contributed by atoms with Gasteiger partial charge in [0.25, 0.3) is 0 Å². The summed E-state index contributed by atoms with van der Waals surface area (Å²) in [6.45, 7) is 4.29. The first-order chi connectivity index (χ1) is 9.36. The first kappa shape index (κ1) is 18.6. The zero-order chi connectivity index (χ0) is 15.5. The summed E-state index contributed by atoms with van der Waals surface area (Å²) < 4.78 is 0. The van der Waals surface area contributed by atoms with E-state index in [2.05, 4.69) is 16.0 Å². The molecule has 0 aliphatic carbocycles. The van der Waals surface area contributed by atoms with Gasteiger partial charge < -0.3 is 21.1 Å². The second-order valence-electron chi connectivity index (χ2n) is 4.70. The summed E-state index contributed by atoms with van der Waals surface area (Å²) in [4.78, 5) is 33.8. The van der Waals surface area contributed by atoms with Gasteiger partial charge in [0.1, 0.15) is 6.04 Å². The fraction of sp³-hybridized carbons (Fsp3) is 0.750. The Morgan fingerprint density at radius 1 is 1.20 bits per heavy atom. The highest BCUT2D eigenvalue weighted by molar-refractivity contribution is 7.98. The number of hydrogen-bond acceptors (Lipinski definition) is 4. The van der Waals surface area contributed by atoms with Crippen molar-refractivity contribution in [1.82, 2.24) is 16.0 Å². The molecule has 8 heteroatoms. The maximum Gasteiger partial charge on any atom is 0.326 e. The molecule has 0 spiro atoms. The summed E-state index contributed by atoms with van der Waals surface area (Å²) in [5, 5.41) is 16.3. The molecule has 0 aromatic heterocycles. The Bertz CT molecular complexity index is 337. The van der Waals surface area contributed by atoms with Crippen molar-refractivity contribution >= 4 is 29.7 Å². The summed E-state index contributed by atoms with van der Waals surface area (Å²) in [7, 11) is 0. The van der Waals surface area contributed by atoms with Gasteiger partial charge in [-0.3, -0.25) is 4.79 Å². The van der Waals surface area contributed by atoms with Crippen LogP contribution >= 0.6 is 11.8 Å². The molecule has 1 unspecified atom stereocenters. The normalized spacial score (nSPS) is 11.8. The van der Waals surface area contributed by atoms with Gasteiger partial charge in [-0.25, -0.2) is 9.59 Å². The Hall–Kier alpha value is -1.44. The molecule has 0 aromatic rings. The van der Waals surface area contributed by atoms with E-state index in [9.17, 15) is 14.4 Å². The minimum absolute atomic E-state index is 0.173. The number of rotatable bonds is 9. The molecule has 1 atom stereocenters. The van der Waals surface area contributed by atoms with E-state index in [0.717, 1.165) is 0 Å². The number of carboxylic acid groups (broad SMARTS) is 1. The Morgan fingerprint density at radius 2 is 1.85 bits per heavy atom. The minimum atomic E-state index is -1.08. The van der Waals surface area contributed by atoms with Crippen molar-refractivity contribution in [3.8, 4) is 0 Å². The highest BCUT2D eigenvalue weighted by Gasteiger charge is 2.19. The fourth-order valence-electron chi connectivity index (χ4n) is 1.24. The number of amides is 3. The molecule has 4 N–H and O–H groups in total. The highest BCUT2D eigenvalue weighted by Crippen LogP contribution is 2.00. The van der Waals surface area contributed by atoms with Crippen molar-refractivity contribution in [2.45, 2.75) is 26.3 Å². The van der Waals surface area contributed by atoms with Gasteiger partial charge in [-0.05, 0) is 24.3 Å². The lowest BCUT2D eigenvalue weighted by molar-refractivity contribution is -0.139. The predicted octanol–water partition coefficient (Wildman–Crippen LogP) is 0.264. The molecule has 0 rings (SSSR count). The number of aliphatic carboxylic acids is 1. The van der Waals surface area contributed by atoms with Crippen molar-refractivity contribution < 1.29 is 19.5 Å². The molecule has 0 aliphatic heterocycles. The first-order valence-corrected chi connectivity index (χ1v) is 7.79. The van der Waals surface area contributed by atoms with Gasteiger partial charge in [-0.15, -0.1) is 0 Å². The van der Waals surface area contributed by atoms with Gasteiger partial charge >= 0.3 is 12.0 Å². The number of thioether (sulfide) groups is 1. The van der Waals surface area contributed by atoms with E-state index in [4.69, 9.17) is 5.11 Å². The maximum atomic E-state index is 11.5. The van der Waals surface area contributed by atoms with E-state index in [0.29, 0.717) is 24.6 Å². The van der Waals surface area contributed by atoms with Crippen LogP contribution in [0.5, 0.6) is 0 Å². The molecule has 116 valence electrons. The van der Waals surface area contributed by atoms with Gasteiger partial charge in [-0.1, -0.05) is 13.8 Å². The first-order valence-electron chi connectivity index (χ1n) is 6.39. The van der Waals surface area contributed by atoms with Crippen LogP contribution < -0.4 is 16.0 Å². The van der Waals surface area contributed by atoms with E-state index in [1.165, 1.54) is 11.8 Å². The number of nitrogens with one attached hydrogen (secondary N) is 3. The topological polar surface area (TPSA) is 108 Å². The molecule has 0 aromatic carbocycles. The van der Waals surface area contributed by atoms with Crippen molar-refractivity contribution in [1.29, 1.82) is 0 Å². The van der Waals surface area contributed by atoms with Crippen molar-refractivity contribution in [2.75, 3.05) is 25.1 Å². The predicted molar refractivity (Wildman–Crippen MR) is 78.8 cm³/mol. The standard InChI is InChI=1S/C12H23N3O4S/c1-8(2)6-13-10(16)7-14-12(19)15-9(11(17)18)4-5-20-3/h8-9H,4-7H2,1-3H3,(H,13,16)(H,17,18)(H2,14,15,19). The van der Waals surface area contributed by atoms with E-state index in [1.54, 1.807) is 0 Å². The van der Waals surface area contributed by atoms with Crippen LogP contribution in [0, 0.1) is 5.92 Å². The van der Waals surface area contributed by atoms with Gasteiger partial charge in [0.2, 0.25) is 5.91 Å². The zero-order valence-corrected chi connectivity index (χ0v) is 12.9. The second-order valence-corrected chi connectivity index (χ2v) is 5.68. The number of carboxylic acids is 1. The molecule has 7 nitrogen and oxygen atoms in total. The molecule has 0 radical (unpaired) electrons. The van der Waals surface area contributed by atoms with E-state index >= 15 is 0 Å². The van der Waals surface area contributed by atoms with Crippen LogP contribution in [0.3, 0.4) is 0 Å². The summed E-state index contributed by atoms with van der Waals surface area (Å²) in [6, 6.07) is -1.60.